The third kappa shape index (κ3) is 5.77. The van der Waals surface area contributed by atoms with Crippen molar-refractivity contribution in [1.82, 2.24) is 29.6 Å². The molecule has 1 saturated heterocycles. The van der Waals surface area contributed by atoms with E-state index < -0.39 is 6.04 Å². The number of nitrogens with one attached hydrogen (secondary N) is 1. The van der Waals surface area contributed by atoms with Gasteiger partial charge >= 0.3 is 0 Å². The molecule has 3 atom stereocenters. The Morgan fingerprint density at radius 1 is 1.04 bits per heavy atom. The lowest BCUT2D eigenvalue weighted by atomic mass is 9.97. The fourth-order valence-corrected chi connectivity index (χ4v) is 7.41. The average molecular weight is 683 g/mol. The minimum atomic E-state index is -0.642. The van der Waals surface area contributed by atoms with Crippen molar-refractivity contribution >= 4 is 50.2 Å². The smallest absolute Gasteiger partial charge is 0.248 e. The summed E-state index contributed by atoms with van der Waals surface area (Å²) >= 11 is 3.46. The molecule has 4 aromatic rings. The van der Waals surface area contributed by atoms with Crippen molar-refractivity contribution < 1.29 is 14.4 Å². The number of rotatable bonds is 4. The lowest BCUT2D eigenvalue weighted by molar-refractivity contribution is -0.138. The highest BCUT2D eigenvalue weighted by Crippen LogP contribution is 2.61. The summed E-state index contributed by atoms with van der Waals surface area (Å²) in [6.45, 7) is 3.22. The van der Waals surface area contributed by atoms with Gasteiger partial charge in [0.2, 0.25) is 11.8 Å². The SMILES string of the molecule is CC(=O)c1nn(CC(=O)N2[C@H]3C[C@@]4(/C=C\CCCCCCc5ccc(Br)nc5NC3=O)C[C@@H]24)c2ccc(-c3cnc(C)nc3)cc12. The predicted molar refractivity (Wildman–Crippen MR) is 178 cm³/mol. The number of Topliss-reactive ketones (excluding diaryl/α,β-unsaturated/α-hetero) is 1. The third-order valence-corrected chi connectivity index (χ3v) is 10.0. The predicted octanol–water partition coefficient (Wildman–Crippen LogP) is 6.22. The number of aryl methyl sites for hydroxylation is 2. The molecule has 46 heavy (non-hydrogen) atoms. The summed E-state index contributed by atoms with van der Waals surface area (Å²) in [5.41, 5.74) is 3.45. The van der Waals surface area contributed by atoms with E-state index in [-0.39, 0.29) is 35.6 Å². The van der Waals surface area contributed by atoms with E-state index in [0.717, 1.165) is 61.6 Å². The Hall–Kier alpha value is -4.25. The van der Waals surface area contributed by atoms with E-state index in [4.69, 9.17) is 0 Å². The Morgan fingerprint density at radius 2 is 1.85 bits per heavy atom. The van der Waals surface area contributed by atoms with Gasteiger partial charge < -0.3 is 10.2 Å². The van der Waals surface area contributed by atoms with E-state index in [1.165, 1.54) is 6.92 Å². The molecule has 2 amide bonds. The highest BCUT2D eigenvalue weighted by molar-refractivity contribution is 9.10. The molecule has 1 aromatic carbocycles. The van der Waals surface area contributed by atoms with Crippen LogP contribution in [-0.2, 0) is 22.6 Å². The Bertz CT molecular complexity index is 1890. The van der Waals surface area contributed by atoms with Gasteiger partial charge in [-0.3, -0.25) is 19.1 Å². The number of hydrogen-bond acceptors (Lipinski definition) is 7. The minimum absolute atomic E-state index is 0.0583. The highest BCUT2D eigenvalue weighted by atomic mass is 79.9. The minimum Gasteiger partial charge on any atom is -0.325 e. The van der Waals surface area contributed by atoms with Crippen molar-refractivity contribution in [3.8, 4) is 11.1 Å². The maximum absolute atomic E-state index is 14.2. The topological polar surface area (TPSA) is 123 Å². The molecule has 1 aliphatic carbocycles. The molecule has 2 bridgehead atoms. The number of allylic oxidation sites excluding steroid dienone is 1. The van der Waals surface area contributed by atoms with Crippen molar-refractivity contribution in [3.63, 3.8) is 0 Å². The molecule has 2 aliphatic heterocycles. The highest BCUT2D eigenvalue weighted by Gasteiger charge is 2.65. The van der Waals surface area contributed by atoms with Crippen LogP contribution in [0.1, 0.15) is 73.7 Å². The summed E-state index contributed by atoms with van der Waals surface area (Å²) in [5, 5.41) is 8.35. The summed E-state index contributed by atoms with van der Waals surface area (Å²) in [4.78, 5) is 55.8. The van der Waals surface area contributed by atoms with Crippen molar-refractivity contribution in [2.24, 2.45) is 5.41 Å². The van der Waals surface area contributed by atoms with E-state index in [2.05, 4.69) is 53.4 Å². The summed E-state index contributed by atoms with van der Waals surface area (Å²) in [5.74, 6) is 0.605. The average Bonchev–Trinajstić information content (AvgIpc) is 3.45. The second kappa shape index (κ2) is 12.2. The number of nitrogens with zero attached hydrogens (tertiary/aromatic N) is 6. The van der Waals surface area contributed by atoms with Gasteiger partial charge in [-0.05, 0) is 90.7 Å². The quantitative estimate of drug-likeness (QED) is 0.154. The number of hydrogen-bond donors (Lipinski definition) is 1. The van der Waals surface area contributed by atoms with Crippen molar-refractivity contribution in [3.05, 3.63) is 76.6 Å². The zero-order chi connectivity index (χ0) is 32.0. The van der Waals surface area contributed by atoms with Gasteiger partial charge in [0, 0.05) is 41.7 Å². The fourth-order valence-electron chi connectivity index (χ4n) is 7.10. The molecule has 2 fully saturated rings. The second-order valence-electron chi connectivity index (χ2n) is 12.8. The van der Waals surface area contributed by atoms with Gasteiger partial charge in [0.05, 0.1) is 5.52 Å². The molecule has 11 heteroatoms. The molecule has 0 unspecified atom stereocenters. The molecular weight excluding hydrogens is 646 g/mol. The third-order valence-electron chi connectivity index (χ3n) is 9.60. The van der Waals surface area contributed by atoms with Crippen LogP contribution in [0.5, 0.6) is 0 Å². The Morgan fingerprint density at radius 3 is 2.65 bits per heavy atom. The van der Waals surface area contributed by atoms with Gasteiger partial charge in [-0.2, -0.15) is 5.10 Å². The standard InChI is InChI=1S/C35H36BrN7O3/c1-21(44)32-26-15-24(25-18-37-22(2)38-19-25)10-12-27(26)42(41-32)20-31(45)43-28-16-35(17-29(35)43)14-8-6-4-3-5-7-9-23-11-13-30(36)39-33(23)40-34(28)46/h8,10-15,18-19,28-29H,3-7,9,16-17,20H2,1-2H3,(H,39,40,46)/b14-8-/t28-,29+,35-/m0/s1. The van der Waals surface area contributed by atoms with Crippen LogP contribution in [-0.4, -0.2) is 59.3 Å². The van der Waals surface area contributed by atoms with Gasteiger partial charge in [0.15, 0.2) is 5.78 Å². The molecule has 10 nitrogen and oxygen atoms in total. The molecule has 236 valence electrons. The van der Waals surface area contributed by atoms with Gasteiger partial charge in [0.1, 0.15) is 34.5 Å². The largest absolute Gasteiger partial charge is 0.325 e. The monoisotopic (exact) mass is 681 g/mol. The first-order chi connectivity index (χ1) is 22.2. The number of pyridine rings is 1. The summed E-state index contributed by atoms with van der Waals surface area (Å²) in [7, 11) is 0. The van der Waals surface area contributed by atoms with E-state index in [9.17, 15) is 14.4 Å². The lowest BCUT2D eigenvalue weighted by Gasteiger charge is -2.27. The Labute approximate surface area is 275 Å². The number of fused-ring (bicyclic) bond motifs is 3. The molecule has 0 radical (unpaired) electrons. The number of piperidine rings is 1. The first kappa shape index (κ1) is 30.4. The first-order valence-electron chi connectivity index (χ1n) is 16.0. The molecule has 1 N–H and O–H groups in total. The van der Waals surface area contributed by atoms with Crippen molar-refractivity contribution in [2.45, 2.75) is 83.8 Å². The number of likely N-dealkylation sites (tertiary alicyclic amines) is 1. The molecule has 3 aliphatic rings. The molecule has 7 rings (SSSR count). The normalized spacial score (nSPS) is 23.5. The van der Waals surface area contributed by atoms with E-state index >= 15 is 0 Å². The Balaban J connectivity index is 1.20. The zero-order valence-electron chi connectivity index (χ0n) is 26.0. The number of carbonyl (C=O) groups excluding carboxylic acids is 3. The first-order valence-corrected chi connectivity index (χ1v) is 16.8. The fraction of sp³-hybridized carbons (Fsp3) is 0.400. The Kier molecular flexibility index (Phi) is 8.04. The molecule has 1 saturated carbocycles. The summed E-state index contributed by atoms with van der Waals surface area (Å²) in [6.07, 6.45) is 15.6. The van der Waals surface area contributed by atoms with Crippen LogP contribution in [0.15, 0.2) is 59.5 Å². The van der Waals surface area contributed by atoms with Gasteiger partial charge in [0.25, 0.3) is 0 Å². The van der Waals surface area contributed by atoms with Crippen LogP contribution in [0.25, 0.3) is 22.0 Å². The van der Waals surface area contributed by atoms with Gasteiger partial charge in [-0.15, -0.1) is 0 Å². The van der Waals surface area contributed by atoms with Crippen molar-refractivity contribution in [1.29, 1.82) is 0 Å². The van der Waals surface area contributed by atoms with Crippen molar-refractivity contribution in [2.75, 3.05) is 5.32 Å². The van der Waals surface area contributed by atoms with Crippen LogP contribution >= 0.6 is 15.9 Å². The van der Waals surface area contributed by atoms with E-state index in [1.54, 1.807) is 22.0 Å². The van der Waals surface area contributed by atoms with Crippen LogP contribution < -0.4 is 5.32 Å². The zero-order valence-corrected chi connectivity index (χ0v) is 27.6. The van der Waals surface area contributed by atoms with Crippen LogP contribution in [0, 0.1) is 12.3 Å². The van der Waals surface area contributed by atoms with Crippen LogP contribution in [0.3, 0.4) is 0 Å². The van der Waals surface area contributed by atoms with Crippen LogP contribution in [0.4, 0.5) is 5.82 Å². The van der Waals surface area contributed by atoms with Crippen LogP contribution in [0.2, 0.25) is 0 Å². The molecule has 5 heterocycles. The summed E-state index contributed by atoms with van der Waals surface area (Å²) < 4.78 is 2.24. The summed E-state index contributed by atoms with van der Waals surface area (Å²) in [6, 6.07) is 8.90. The van der Waals surface area contributed by atoms with Gasteiger partial charge in [-0.1, -0.05) is 37.1 Å². The maximum atomic E-state index is 14.2. The lowest BCUT2D eigenvalue weighted by Crippen LogP contribution is -2.47. The second-order valence-corrected chi connectivity index (χ2v) is 13.6. The number of ketones is 1. The van der Waals surface area contributed by atoms with Gasteiger partial charge in [-0.25, -0.2) is 15.0 Å². The number of amides is 2. The maximum Gasteiger partial charge on any atom is 0.248 e. The number of benzene rings is 1. The number of anilines is 1. The van der Waals surface area contributed by atoms with E-state index in [1.807, 2.05) is 37.3 Å². The molecular formula is C35H36BrN7O3. The molecule has 3 aromatic heterocycles. The number of halogens is 1. The number of aromatic nitrogens is 5. The van der Waals surface area contributed by atoms with E-state index in [0.29, 0.717) is 39.3 Å². The number of carbonyl (C=O) groups is 3. The molecule has 1 spiro atoms.